The summed E-state index contributed by atoms with van der Waals surface area (Å²) in [5.41, 5.74) is 6.51. The van der Waals surface area contributed by atoms with Crippen LogP contribution in [0.25, 0.3) is 5.69 Å². The van der Waals surface area contributed by atoms with E-state index in [2.05, 4.69) is 20.9 Å². The van der Waals surface area contributed by atoms with Crippen LogP contribution >= 0.6 is 0 Å². The number of benzene rings is 1. The molecule has 0 fully saturated rings. The van der Waals surface area contributed by atoms with Crippen molar-refractivity contribution < 1.29 is 9.59 Å². The molecule has 0 bridgehead atoms. The zero-order chi connectivity index (χ0) is 19.3. The maximum atomic E-state index is 12.2. The van der Waals surface area contributed by atoms with Crippen LogP contribution in [-0.4, -0.2) is 39.4 Å². The van der Waals surface area contributed by atoms with E-state index < -0.39 is 11.6 Å². The largest absolute Gasteiger partial charge is 0.346 e. The van der Waals surface area contributed by atoms with Crippen molar-refractivity contribution in [3.8, 4) is 5.69 Å². The molecule has 1 atom stereocenters. The fourth-order valence-corrected chi connectivity index (χ4v) is 2.30. The third-order valence-corrected chi connectivity index (χ3v) is 4.05. The second-order valence-corrected chi connectivity index (χ2v) is 7.04. The zero-order valence-corrected chi connectivity index (χ0v) is 15.6. The van der Waals surface area contributed by atoms with Gasteiger partial charge in [-0.05, 0) is 31.9 Å². The number of carbonyl (C=O) groups excluding carboxylic acids is 2. The Bertz CT molecular complexity index is 754. The van der Waals surface area contributed by atoms with Crippen LogP contribution in [-0.2, 0) is 15.1 Å². The minimum Gasteiger partial charge on any atom is -0.346 e. The number of hydrogen-bond donors (Lipinski definition) is 3. The van der Waals surface area contributed by atoms with Crippen LogP contribution in [0, 0.1) is 5.92 Å². The van der Waals surface area contributed by atoms with E-state index in [1.54, 1.807) is 10.9 Å². The fourth-order valence-electron chi connectivity index (χ4n) is 2.30. The van der Waals surface area contributed by atoms with Gasteiger partial charge in [-0.2, -0.15) is 0 Å². The fraction of sp³-hybridized carbons (Fsp3) is 0.444. The smallest absolute Gasteiger partial charge is 0.240 e. The van der Waals surface area contributed by atoms with Gasteiger partial charge < -0.3 is 16.4 Å². The van der Waals surface area contributed by atoms with Crippen LogP contribution in [0.3, 0.4) is 0 Å². The van der Waals surface area contributed by atoms with E-state index in [9.17, 15) is 9.59 Å². The first kappa shape index (κ1) is 19.6. The molecule has 1 aromatic heterocycles. The van der Waals surface area contributed by atoms with Gasteiger partial charge in [0.25, 0.3) is 0 Å². The monoisotopic (exact) mass is 358 g/mol. The Labute approximate surface area is 153 Å². The number of nitrogens with zero attached hydrogens (tertiary/aromatic N) is 3. The zero-order valence-electron chi connectivity index (χ0n) is 15.6. The van der Waals surface area contributed by atoms with Crippen molar-refractivity contribution in [1.82, 2.24) is 25.6 Å². The summed E-state index contributed by atoms with van der Waals surface area (Å²) in [4.78, 5) is 24.0. The van der Waals surface area contributed by atoms with E-state index in [1.165, 1.54) is 0 Å². The molecular formula is C18H26N6O2. The number of para-hydroxylation sites is 1. The summed E-state index contributed by atoms with van der Waals surface area (Å²) >= 11 is 0. The molecule has 1 heterocycles. The summed E-state index contributed by atoms with van der Waals surface area (Å²) in [6.45, 7) is 7.21. The number of carbonyl (C=O) groups is 2. The van der Waals surface area contributed by atoms with Gasteiger partial charge in [0.05, 0.1) is 30.0 Å². The van der Waals surface area contributed by atoms with Gasteiger partial charge in [0, 0.05) is 0 Å². The van der Waals surface area contributed by atoms with E-state index in [1.807, 2.05) is 58.0 Å². The average Bonchev–Trinajstić information content (AvgIpc) is 3.10. The third-order valence-electron chi connectivity index (χ3n) is 4.05. The molecule has 0 saturated carbocycles. The predicted octanol–water partition coefficient (Wildman–Crippen LogP) is 0.718. The van der Waals surface area contributed by atoms with Crippen molar-refractivity contribution in [2.45, 2.75) is 39.3 Å². The molecule has 0 unspecified atom stereocenters. The first-order valence-corrected chi connectivity index (χ1v) is 8.53. The molecule has 140 valence electrons. The highest BCUT2D eigenvalue weighted by Gasteiger charge is 2.27. The first-order valence-electron chi connectivity index (χ1n) is 8.53. The lowest BCUT2D eigenvalue weighted by atomic mass is 10.0. The summed E-state index contributed by atoms with van der Waals surface area (Å²) < 4.78 is 1.65. The van der Waals surface area contributed by atoms with Crippen molar-refractivity contribution in [3.63, 3.8) is 0 Å². The summed E-state index contributed by atoms with van der Waals surface area (Å²) in [5.74, 6) is -0.668. The lowest BCUT2D eigenvalue weighted by Crippen LogP contribution is -2.50. The van der Waals surface area contributed by atoms with Crippen molar-refractivity contribution in [3.05, 3.63) is 42.2 Å². The lowest BCUT2D eigenvalue weighted by molar-refractivity contribution is -0.128. The number of aromatic nitrogens is 3. The van der Waals surface area contributed by atoms with Crippen molar-refractivity contribution >= 4 is 11.8 Å². The molecule has 26 heavy (non-hydrogen) atoms. The van der Waals surface area contributed by atoms with E-state index >= 15 is 0 Å². The standard InChI is InChI=1S/C18H26N6O2/c1-12(2)16(19)17(26)20-10-15(25)21-18(3,4)14-11-24(23-22-14)13-8-6-5-7-9-13/h5-9,11-12,16H,10,19H2,1-4H3,(H,20,26)(H,21,25)/t16-/m0/s1. The van der Waals surface area contributed by atoms with Gasteiger partial charge in [-0.15, -0.1) is 5.10 Å². The van der Waals surface area contributed by atoms with E-state index in [0.717, 1.165) is 5.69 Å². The molecule has 0 spiro atoms. The topological polar surface area (TPSA) is 115 Å². The van der Waals surface area contributed by atoms with Gasteiger partial charge in [0.2, 0.25) is 11.8 Å². The normalized spacial score (nSPS) is 12.7. The molecule has 0 aliphatic heterocycles. The molecule has 2 amide bonds. The summed E-state index contributed by atoms with van der Waals surface area (Å²) in [6.07, 6.45) is 1.77. The molecule has 4 N–H and O–H groups in total. The van der Waals surface area contributed by atoms with Crippen LogP contribution < -0.4 is 16.4 Å². The first-order chi connectivity index (χ1) is 12.2. The Hall–Kier alpha value is -2.74. The highest BCUT2D eigenvalue weighted by Crippen LogP contribution is 2.18. The number of amides is 2. The third kappa shape index (κ3) is 4.89. The Morgan fingerprint density at radius 1 is 1.23 bits per heavy atom. The summed E-state index contributed by atoms with van der Waals surface area (Å²) in [5, 5.41) is 13.7. The van der Waals surface area contributed by atoms with Gasteiger partial charge in [-0.3, -0.25) is 9.59 Å². The SMILES string of the molecule is CC(C)[C@H](N)C(=O)NCC(=O)NC(C)(C)c1cn(-c2ccccc2)nn1. The van der Waals surface area contributed by atoms with Crippen molar-refractivity contribution in [2.75, 3.05) is 6.54 Å². The summed E-state index contributed by atoms with van der Waals surface area (Å²) in [7, 11) is 0. The Morgan fingerprint density at radius 2 is 1.88 bits per heavy atom. The Morgan fingerprint density at radius 3 is 2.50 bits per heavy atom. The van der Waals surface area contributed by atoms with E-state index in [4.69, 9.17) is 5.73 Å². The van der Waals surface area contributed by atoms with Gasteiger partial charge in [0.15, 0.2) is 0 Å². The molecule has 2 rings (SSSR count). The molecule has 0 aliphatic carbocycles. The van der Waals surface area contributed by atoms with Crippen LogP contribution in [0.15, 0.2) is 36.5 Å². The second kappa shape index (κ2) is 8.09. The van der Waals surface area contributed by atoms with E-state index in [0.29, 0.717) is 5.69 Å². The van der Waals surface area contributed by atoms with Crippen LogP contribution in [0.2, 0.25) is 0 Å². The van der Waals surface area contributed by atoms with Crippen LogP contribution in [0.5, 0.6) is 0 Å². The maximum Gasteiger partial charge on any atom is 0.240 e. The molecule has 8 heteroatoms. The minimum atomic E-state index is -0.741. The number of hydrogen-bond acceptors (Lipinski definition) is 5. The number of nitrogens with one attached hydrogen (secondary N) is 2. The molecular weight excluding hydrogens is 332 g/mol. The molecule has 2 aromatic rings. The second-order valence-electron chi connectivity index (χ2n) is 7.04. The van der Waals surface area contributed by atoms with Gasteiger partial charge in [0.1, 0.15) is 5.69 Å². The number of nitrogens with two attached hydrogens (primary N) is 1. The van der Waals surface area contributed by atoms with E-state index in [-0.39, 0.29) is 24.3 Å². The molecule has 0 aliphatic rings. The molecule has 1 aromatic carbocycles. The van der Waals surface area contributed by atoms with Crippen molar-refractivity contribution in [1.29, 1.82) is 0 Å². The van der Waals surface area contributed by atoms with Crippen LogP contribution in [0.1, 0.15) is 33.4 Å². The molecule has 0 saturated heterocycles. The van der Waals surface area contributed by atoms with Gasteiger partial charge >= 0.3 is 0 Å². The Kier molecular flexibility index (Phi) is 6.10. The quantitative estimate of drug-likeness (QED) is 0.674. The number of rotatable bonds is 7. The molecule has 8 nitrogen and oxygen atoms in total. The Balaban J connectivity index is 1.97. The maximum absolute atomic E-state index is 12.2. The summed E-state index contributed by atoms with van der Waals surface area (Å²) in [6, 6.07) is 8.93. The average molecular weight is 358 g/mol. The lowest BCUT2D eigenvalue weighted by Gasteiger charge is -2.24. The van der Waals surface area contributed by atoms with Crippen LogP contribution in [0.4, 0.5) is 0 Å². The predicted molar refractivity (Wildman–Crippen MR) is 98.4 cm³/mol. The minimum absolute atomic E-state index is 0.00234. The van der Waals surface area contributed by atoms with Gasteiger partial charge in [-0.1, -0.05) is 37.3 Å². The van der Waals surface area contributed by atoms with Gasteiger partial charge in [-0.25, -0.2) is 4.68 Å². The van der Waals surface area contributed by atoms with Crippen molar-refractivity contribution in [2.24, 2.45) is 11.7 Å². The highest BCUT2D eigenvalue weighted by atomic mass is 16.2. The molecule has 0 radical (unpaired) electrons. The highest BCUT2D eigenvalue weighted by molar-refractivity contribution is 5.87.